The molecule has 0 unspecified atom stereocenters. The van der Waals surface area contributed by atoms with Crippen LogP contribution in [0.5, 0.6) is 0 Å². The molecule has 1 aromatic carbocycles. The van der Waals surface area contributed by atoms with E-state index in [1.54, 1.807) is 0 Å². The molecule has 3 aromatic rings. The van der Waals surface area contributed by atoms with Gasteiger partial charge in [0.25, 0.3) is 0 Å². The molecule has 1 fully saturated rings. The lowest BCUT2D eigenvalue weighted by molar-refractivity contribution is 0.464. The fourth-order valence-corrected chi connectivity index (χ4v) is 3.59. The molecule has 6 nitrogen and oxygen atoms in total. The Bertz CT molecular complexity index is 865. The Morgan fingerprint density at radius 1 is 1.00 bits per heavy atom. The molecule has 1 aliphatic heterocycles. The van der Waals surface area contributed by atoms with E-state index in [-0.39, 0.29) is 0 Å². The molecule has 0 aliphatic carbocycles. The van der Waals surface area contributed by atoms with Gasteiger partial charge in [0.05, 0.1) is 6.54 Å². The van der Waals surface area contributed by atoms with E-state index >= 15 is 0 Å². The van der Waals surface area contributed by atoms with Crippen molar-refractivity contribution in [2.45, 2.75) is 39.2 Å². The molecule has 3 heterocycles. The molecule has 0 bridgehead atoms. The van der Waals surface area contributed by atoms with Gasteiger partial charge < -0.3 is 9.47 Å². The molecule has 0 radical (unpaired) electrons. The van der Waals surface area contributed by atoms with E-state index in [1.165, 1.54) is 5.56 Å². The third-order valence-electron chi connectivity index (χ3n) is 5.07. The molecule has 1 aliphatic rings. The molecule has 0 spiro atoms. The van der Waals surface area contributed by atoms with Gasteiger partial charge in [0.1, 0.15) is 11.6 Å². The quantitative estimate of drug-likeness (QED) is 0.725. The van der Waals surface area contributed by atoms with Crippen molar-refractivity contribution in [2.75, 3.05) is 18.0 Å². The maximum Gasteiger partial charge on any atom is 0.225 e. The van der Waals surface area contributed by atoms with Crippen LogP contribution >= 0.6 is 0 Å². The van der Waals surface area contributed by atoms with Gasteiger partial charge in [0, 0.05) is 30.9 Å². The van der Waals surface area contributed by atoms with Gasteiger partial charge in [-0.25, -0.2) is 9.97 Å². The van der Waals surface area contributed by atoms with Crippen molar-refractivity contribution in [3.8, 4) is 0 Å². The number of aryl methyl sites for hydroxylation is 2. The third kappa shape index (κ3) is 3.45. The largest absolute Gasteiger partial charge is 0.341 e. The second-order valence-electron chi connectivity index (χ2n) is 6.94. The zero-order valence-electron chi connectivity index (χ0n) is 15.3. The predicted molar refractivity (Wildman–Crippen MR) is 101 cm³/mol. The molecule has 2 aromatic heterocycles. The molecule has 1 saturated heterocycles. The van der Waals surface area contributed by atoms with Crippen molar-refractivity contribution >= 4 is 5.95 Å². The van der Waals surface area contributed by atoms with Crippen LogP contribution in [0.15, 0.2) is 42.6 Å². The minimum Gasteiger partial charge on any atom is -0.341 e. The van der Waals surface area contributed by atoms with Gasteiger partial charge in [-0.15, -0.1) is 10.2 Å². The van der Waals surface area contributed by atoms with Gasteiger partial charge in [-0.05, 0) is 38.3 Å². The lowest BCUT2D eigenvalue weighted by atomic mass is 9.96. The molecule has 0 atom stereocenters. The van der Waals surface area contributed by atoms with Crippen LogP contribution in [0.2, 0.25) is 0 Å². The smallest absolute Gasteiger partial charge is 0.225 e. The number of anilines is 1. The predicted octanol–water partition coefficient (Wildman–Crippen LogP) is 3.12. The van der Waals surface area contributed by atoms with Gasteiger partial charge in [0.15, 0.2) is 0 Å². The van der Waals surface area contributed by atoms with Crippen LogP contribution in [-0.4, -0.2) is 37.8 Å². The molecule has 0 N–H and O–H groups in total. The molecule has 0 saturated carbocycles. The highest BCUT2D eigenvalue weighted by Gasteiger charge is 2.26. The first-order chi connectivity index (χ1) is 12.7. The SMILES string of the molecule is Cc1ccnc(N2CCC(c3nnc(C)n3Cc3ccccc3)CC2)n1. The minimum absolute atomic E-state index is 0.431. The second kappa shape index (κ2) is 7.23. The summed E-state index contributed by atoms with van der Waals surface area (Å²) in [6.07, 6.45) is 3.93. The van der Waals surface area contributed by atoms with E-state index in [2.05, 4.69) is 53.9 Å². The van der Waals surface area contributed by atoms with Crippen LogP contribution in [-0.2, 0) is 6.54 Å². The van der Waals surface area contributed by atoms with Gasteiger partial charge in [-0.3, -0.25) is 0 Å². The Morgan fingerprint density at radius 2 is 1.77 bits per heavy atom. The summed E-state index contributed by atoms with van der Waals surface area (Å²) >= 11 is 0. The first-order valence-corrected chi connectivity index (χ1v) is 9.19. The van der Waals surface area contributed by atoms with Crippen LogP contribution in [0.1, 0.15) is 41.7 Å². The summed E-state index contributed by atoms with van der Waals surface area (Å²) in [7, 11) is 0. The maximum absolute atomic E-state index is 4.55. The lowest BCUT2D eigenvalue weighted by Gasteiger charge is -2.31. The van der Waals surface area contributed by atoms with Crippen molar-refractivity contribution in [2.24, 2.45) is 0 Å². The summed E-state index contributed by atoms with van der Waals surface area (Å²) in [5.41, 5.74) is 2.29. The van der Waals surface area contributed by atoms with Crippen LogP contribution in [0, 0.1) is 13.8 Å². The highest BCUT2D eigenvalue weighted by atomic mass is 15.3. The van der Waals surface area contributed by atoms with Crippen molar-refractivity contribution in [1.29, 1.82) is 0 Å². The van der Waals surface area contributed by atoms with Gasteiger partial charge >= 0.3 is 0 Å². The summed E-state index contributed by atoms with van der Waals surface area (Å²) in [4.78, 5) is 11.2. The van der Waals surface area contributed by atoms with Crippen LogP contribution in [0.25, 0.3) is 0 Å². The molecule has 0 amide bonds. The maximum atomic E-state index is 4.55. The average Bonchev–Trinajstić information content (AvgIpc) is 3.03. The zero-order chi connectivity index (χ0) is 17.9. The summed E-state index contributed by atoms with van der Waals surface area (Å²) in [6, 6.07) is 12.4. The minimum atomic E-state index is 0.431. The molecular formula is C20H24N6. The molecule has 134 valence electrons. The Kier molecular flexibility index (Phi) is 4.65. The number of nitrogens with zero attached hydrogens (tertiary/aromatic N) is 6. The summed E-state index contributed by atoms with van der Waals surface area (Å²) in [5.74, 6) is 3.36. The third-order valence-corrected chi connectivity index (χ3v) is 5.07. The Labute approximate surface area is 153 Å². The monoisotopic (exact) mass is 348 g/mol. The number of aromatic nitrogens is 5. The summed E-state index contributed by atoms with van der Waals surface area (Å²) in [6.45, 7) is 6.77. The molecule has 4 rings (SSSR count). The first kappa shape index (κ1) is 16.7. The fraction of sp³-hybridized carbons (Fsp3) is 0.400. The van der Waals surface area contributed by atoms with Crippen molar-refractivity contribution in [1.82, 2.24) is 24.7 Å². The highest BCUT2D eigenvalue weighted by molar-refractivity contribution is 5.31. The van der Waals surface area contributed by atoms with Crippen molar-refractivity contribution < 1.29 is 0 Å². The van der Waals surface area contributed by atoms with Crippen LogP contribution in [0.4, 0.5) is 5.95 Å². The number of hydrogen-bond donors (Lipinski definition) is 0. The Hall–Kier alpha value is -2.76. The van der Waals surface area contributed by atoms with E-state index in [0.29, 0.717) is 5.92 Å². The highest BCUT2D eigenvalue weighted by Crippen LogP contribution is 2.29. The van der Waals surface area contributed by atoms with E-state index in [1.807, 2.05) is 32.2 Å². The average molecular weight is 348 g/mol. The number of rotatable bonds is 4. The Balaban J connectivity index is 1.48. The zero-order valence-corrected chi connectivity index (χ0v) is 15.3. The topological polar surface area (TPSA) is 59.7 Å². The molecule has 26 heavy (non-hydrogen) atoms. The standard InChI is InChI=1S/C20H24N6/c1-15-8-11-21-20(22-15)25-12-9-18(10-13-25)19-24-23-16(2)26(19)14-17-6-4-3-5-7-17/h3-8,11,18H,9-10,12-14H2,1-2H3. The Morgan fingerprint density at radius 3 is 2.50 bits per heavy atom. The fourth-order valence-electron chi connectivity index (χ4n) is 3.59. The second-order valence-corrected chi connectivity index (χ2v) is 6.94. The van der Waals surface area contributed by atoms with Gasteiger partial charge in [-0.1, -0.05) is 30.3 Å². The first-order valence-electron chi connectivity index (χ1n) is 9.19. The molecular weight excluding hydrogens is 324 g/mol. The number of piperidine rings is 1. The summed E-state index contributed by atoms with van der Waals surface area (Å²) in [5, 5.41) is 8.86. The van der Waals surface area contributed by atoms with Crippen LogP contribution < -0.4 is 4.90 Å². The summed E-state index contributed by atoms with van der Waals surface area (Å²) < 4.78 is 2.26. The normalized spacial score (nSPS) is 15.4. The van der Waals surface area contributed by atoms with Crippen molar-refractivity contribution in [3.05, 3.63) is 65.5 Å². The van der Waals surface area contributed by atoms with E-state index in [0.717, 1.165) is 55.8 Å². The van der Waals surface area contributed by atoms with E-state index < -0.39 is 0 Å². The van der Waals surface area contributed by atoms with E-state index in [9.17, 15) is 0 Å². The van der Waals surface area contributed by atoms with Gasteiger partial charge in [0.2, 0.25) is 5.95 Å². The number of benzene rings is 1. The molecule has 6 heteroatoms. The van der Waals surface area contributed by atoms with E-state index in [4.69, 9.17) is 0 Å². The van der Waals surface area contributed by atoms with Gasteiger partial charge in [-0.2, -0.15) is 0 Å². The van der Waals surface area contributed by atoms with Crippen molar-refractivity contribution in [3.63, 3.8) is 0 Å². The number of hydrogen-bond acceptors (Lipinski definition) is 5. The lowest BCUT2D eigenvalue weighted by Crippen LogP contribution is -2.35. The van der Waals surface area contributed by atoms with Crippen LogP contribution in [0.3, 0.4) is 0 Å².